The van der Waals surface area contributed by atoms with Crippen molar-refractivity contribution in [2.45, 2.75) is 25.8 Å². The van der Waals surface area contributed by atoms with E-state index in [-0.39, 0.29) is 11.9 Å². The molecule has 2 heterocycles. The van der Waals surface area contributed by atoms with Crippen LogP contribution in [0.5, 0.6) is 5.75 Å². The Labute approximate surface area is 164 Å². The number of piperidine rings is 1. The smallest absolute Gasteiger partial charge is 0.247 e. The van der Waals surface area contributed by atoms with Gasteiger partial charge in [-0.2, -0.15) is 0 Å². The highest BCUT2D eigenvalue weighted by atomic mass is 16.5. The summed E-state index contributed by atoms with van der Waals surface area (Å²) in [7, 11) is 1.65. The number of imidazole rings is 1. The van der Waals surface area contributed by atoms with Crippen LogP contribution in [-0.4, -0.2) is 22.6 Å². The van der Waals surface area contributed by atoms with Crippen LogP contribution in [0.25, 0.3) is 11.8 Å². The van der Waals surface area contributed by atoms with Crippen molar-refractivity contribution in [2.75, 3.05) is 7.11 Å². The number of aryl methyl sites for hydroxylation is 1. The van der Waals surface area contributed by atoms with Crippen LogP contribution in [0.2, 0.25) is 0 Å². The maximum absolute atomic E-state index is 12.6. The van der Waals surface area contributed by atoms with Gasteiger partial charge in [0.2, 0.25) is 5.91 Å². The summed E-state index contributed by atoms with van der Waals surface area (Å²) in [6.45, 7) is 1.95. The van der Waals surface area contributed by atoms with Gasteiger partial charge >= 0.3 is 0 Å². The molecule has 1 amide bonds. The first-order chi connectivity index (χ1) is 13.6. The third-order valence-electron chi connectivity index (χ3n) is 5.04. The molecule has 1 fully saturated rings. The van der Waals surface area contributed by atoms with E-state index in [0.29, 0.717) is 0 Å². The van der Waals surface area contributed by atoms with Crippen molar-refractivity contribution in [1.29, 1.82) is 0 Å². The first-order valence-corrected chi connectivity index (χ1v) is 9.39. The van der Waals surface area contributed by atoms with Gasteiger partial charge in [0.25, 0.3) is 0 Å². The van der Waals surface area contributed by atoms with Crippen molar-refractivity contribution in [3.63, 3.8) is 0 Å². The van der Waals surface area contributed by atoms with E-state index in [9.17, 15) is 4.79 Å². The maximum atomic E-state index is 12.6. The molecule has 0 spiro atoms. The minimum Gasteiger partial charge on any atom is -0.495 e. The van der Waals surface area contributed by atoms with Crippen LogP contribution in [0.1, 0.15) is 35.7 Å². The lowest BCUT2D eigenvalue weighted by atomic mass is 9.93. The van der Waals surface area contributed by atoms with Gasteiger partial charge in [0.15, 0.2) is 0 Å². The summed E-state index contributed by atoms with van der Waals surface area (Å²) in [5, 5.41) is 3.12. The van der Waals surface area contributed by atoms with Gasteiger partial charge in [0.1, 0.15) is 5.75 Å². The number of amides is 1. The number of benzene rings is 2. The second kappa shape index (κ2) is 7.72. The second-order valence-electron chi connectivity index (χ2n) is 7.00. The molecule has 0 aliphatic carbocycles. The number of hydrogen-bond acceptors (Lipinski definition) is 3. The zero-order valence-corrected chi connectivity index (χ0v) is 16.1. The predicted molar refractivity (Wildman–Crippen MR) is 109 cm³/mol. The Hall–Kier alpha value is -3.34. The second-order valence-corrected chi connectivity index (χ2v) is 7.00. The van der Waals surface area contributed by atoms with E-state index in [4.69, 9.17) is 4.74 Å². The predicted octanol–water partition coefficient (Wildman–Crippen LogP) is 4.22. The third-order valence-corrected chi connectivity index (χ3v) is 5.04. The lowest BCUT2D eigenvalue weighted by molar-refractivity contribution is -0.119. The molecule has 1 aliphatic heterocycles. The van der Waals surface area contributed by atoms with Crippen molar-refractivity contribution in [3.8, 4) is 11.4 Å². The van der Waals surface area contributed by atoms with Gasteiger partial charge < -0.3 is 14.6 Å². The molecule has 0 radical (unpaired) electrons. The van der Waals surface area contributed by atoms with Crippen LogP contribution in [0.15, 0.2) is 66.6 Å². The number of rotatable bonds is 4. The monoisotopic (exact) mass is 373 g/mol. The topological polar surface area (TPSA) is 56.1 Å². The van der Waals surface area contributed by atoms with E-state index in [0.717, 1.165) is 46.7 Å². The lowest BCUT2D eigenvalue weighted by Crippen LogP contribution is -2.34. The Morgan fingerprint density at radius 3 is 2.71 bits per heavy atom. The van der Waals surface area contributed by atoms with Gasteiger partial charge in [-0.05, 0) is 49.1 Å². The summed E-state index contributed by atoms with van der Waals surface area (Å²) in [6, 6.07) is 16.1. The molecule has 28 heavy (non-hydrogen) atoms. The highest BCUT2D eigenvalue weighted by Gasteiger charge is 2.23. The number of nitrogens with one attached hydrogen (secondary N) is 1. The van der Waals surface area contributed by atoms with Gasteiger partial charge in [0.05, 0.1) is 30.9 Å². The Morgan fingerprint density at radius 2 is 2.04 bits per heavy atom. The fraction of sp³-hybridized carbons (Fsp3) is 0.217. The molecular weight excluding hydrogens is 350 g/mol. The summed E-state index contributed by atoms with van der Waals surface area (Å²) < 4.78 is 7.50. The van der Waals surface area contributed by atoms with E-state index in [1.165, 1.54) is 0 Å². The van der Waals surface area contributed by atoms with Crippen LogP contribution in [0.3, 0.4) is 0 Å². The van der Waals surface area contributed by atoms with E-state index in [1.807, 2.05) is 60.2 Å². The molecule has 3 aromatic rings. The fourth-order valence-electron chi connectivity index (χ4n) is 3.56. The molecule has 142 valence electrons. The summed E-state index contributed by atoms with van der Waals surface area (Å²) in [5.74, 6) is 0.735. The van der Waals surface area contributed by atoms with Crippen LogP contribution in [0.4, 0.5) is 0 Å². The molecule has 0 bridgehead atoms. The Morgan fingerprint density at radius 1 is 1.21 bits per heavy atom. The molecule has 1 N–H and O–H groups in total. The summed E-state index contributed by atoms with van der Waals surface area (Å²) in [4.78, 5) is 16.9. The zero-order valence-electron chi connectivity index (χ0n) is 16.1. The minimum atomic E-state index is -0.00613. The number of methoxy groups -OCH3 is 1. The van der Waals surface area contributed by atoms with Crippen LogP contribution >= 0.6 is 0 Å². The fourth-order valence-corrected chi connectivity index (χ4v) is 3.56. The molecule has 1 aliphatic rings. The van der Waals surface area contributed by atoms with Gasteiger partial charge in [-0.25, -0.2) is 4.98 Å². The zero-order chi connectivity index (χ0) is 19.5. The molecule has 1 aromatic heterocycles. The van der Waals surface area contributed by atoms with E-state index < -0.39 is 0 Å². The van der Waals surface area contributed by atoms with Gasteiger partial charge in [-0.1, -0.05) is 36.4 Å². The van der Waals surface area contributed by atoms with Crippen molar-refractivity contribution in [1.82, 2.24) is 14.9 Å². The number of carbonyl (C=O) groups is 1. The highest BCUT2D eigenvalue weighted by Crippen LogP contribution is 2.29. The molecule has 5 nitrogen and oxygen atoms in total. The number of ether oxygens (including phenoxy) is 1. The third kappa shape index (κ3) is 3.69. The average Bonchev–Trinajstić information content (AvgIpc) is 3.16. The van der Waals surface area contributed by atoms with Crippen LogP contribution < -0.4 is 10.1 Å². The van der Waals surface area contributed by atoms with Gasteiger partial charge in [-0.15, -0.1) is 0 Å². The van der Waals surface area contributed by atoms with E-state index in [2.05, 4.69) is 22.4 Å². The molecule has 1 unspecified atom stereocenters. The van der Waals surface area contributed by atoms with Crippen molar-refractivity contribution >= 4 is 12.0 Å². The molecule has 0 saturated carbocycles. The summed E-state index contributed by atoms with van der Waals surface area (Å²) in [5.41, 5.74) is 4.75. The molecule has 5 heteroatoms. The van der Waals surface area contributed by atoms with Gasteiger partial charge in [-0.3, -0.25) is 4.79 Å². The summed E-state index contributed by atoms with van der Waals surface area (Å²) in [6.07, 6.45) is 7.31. The maximum Gasteiger partial charge on any atom is 0.247 e. The SMILES string of the molecule is COc1cc(C=C2CCC(c3ccccc3)NC2=O)ccc1-n1cnc(C)c1. The standard InChI is InChI=1S/C23H23N3O2/c1-16-14-26(15-24-16)21-11-8-17(13-22(21)28-2)12-19-9-10-20(25-23(19)27)18-6-4-3-5-7-18/h3-8,11-15,20H,9-10H2,1-2H3,(H,25,27). The van der Waals surface area contributed by atoms with Crippen LogP contribution in [0, 0.1) is 6.92 Å². The molecular formula is C23H23N3O2. The van der Waals surface area contributed by atoms with E-state index >= 15 is 0 Å². The molecule has 4 rings (SSSR count). The Bertz CT molecular complexity index is 1020. The van der Waals surface area contributed by atoms with E-state index in [1.54, 1.807) is 13.4 Å². The molecule has 2 aromatic carbocycles. The Balaban J connectivity index is 1.55. The van der Waals surface area contributed by atoms with Crippen molar-refractivity contribution in [2.24, 2.45) is 0 Å². The largest absolute Gasteiger partial charge is 0.495 e. The number of carbonyl (C=O) groups excluding carboxylic acids is 1. The molecule has 1 atom stereocenters. The van der Waals surface area contributed by atoms with Crippen molar-refractivity contribution < 1.29 is 9.53 Å². The highest BCUT2D eigenvalue weighted by molar-refractivity contribution is 5.98. The lowest BCUT2D eigenvalue weighted by Gasteiger charge is -2.25. The van der Waals surface area contributed by atoms with Crippen LogP contribution in [-0.2, 0) is 4.79 Å². The number of hydrogen-bond donors (Lipinski definition) is 1. The molecule has 1 saturated heterocycles. The first kappa shape index (κ1) is 18.0. The average molecular weight is 373 g/mol. The summed E-state index contributed by atoms with van der Waals surface area (Å²) >= 11 is 0. The Kier molecular flexibility index (Phi) is 4.98. The number of nitrogens with zero attached hydrogens (tertiary/aromatic N) is 2. The normalized spacial score (nSPS) is 18.1. The first-order valence-electron chi connectivity index (χ1n) is 9.39. The number of aromatic nitrogens is 2. The van der Waals surface area contributed by atoms with Gasteiger partial charge in [0, 0.05) is 11.8 Å². The van der Waals surface area contributed by atoms with Crippen molar-refractivity contribution in [3.05, 3.63) is 83.4 Å². The quantitative estimate of drug-likeness (QED) is 0.697. The minimum absolute atomic E-state index is 0.00613.